The van der Waals surface area contributed by atoms with E-state index in [-0.39, 0.29) is 33.7 Å². The number of aliphatic carboxylic acids is 1. The standard InChI is InChI=1S/C21H16Cl3F3O5/c1-30-11-15(20(28)29)14-5-3-2-4-12(14)10-32-13-8-16(22)19(17(23)9-13)31-7-6-18(24)21(25,26)27/h2-6,8-9,11H,7,10H2,1H3,(H,28,29). The van der Waals surface area contributed by atoms with Gasteiger partial charge in [-0.1, -0.05) is 59.1 Å². The van der Waals surface area contributed by atoms with Crippen LogP contribution < -0.4 is 9.47 Å². The van der Waals surface area contributed by atoms with E-state index in [4.69, 9.17) is 49.0 Å². The lowest BCUT2D eigenvalue weighted by Gasteiger charge is -2.14. The smallest absolute Gasteiger partial charge is 0.426 e. The number of allylic oxidation sites excluding steroid dienone is 1. The van der Waals surface area contributed by atoms with Gasteiger partial charge in [0.1, 0.15) is 29.6 Å². The Hall–Kier alpha value is -2.55. The van der Waals surface area contributed by atoms with Crippen molar-refractivity contribution in [2.75, 3.05) is 13.7 Å². The van der Waals surface area contributed by atoms with Gasteiger partial charge in [-0.25, -0.2) is 4.79 Å². The van der Waals surface area contributed by atoms with Gasteiger partial charge in [-0.3, -0.25) is 0 Å². The molecule has 0 aliphatic heterocycles. The molecule has 0 aliphatic carbocycles. The molecule has 0 unspecified atom stereocenters. The highest BCUT2D eigenvalue weighted by Gasteiger charge is 2.32. The van der Waals surface area contributed by atoms with Crippen LogP contribution in [0.15, 0.2) is 53.8 Å². The molecule has 32 heavy (non-hydrogen) atoms. The van der Waals surface area contributed by atoms with Gasteiger partial charge in [0.25, 0.3) is 0 Å². The minimum atomic E-state index is -4.68. The number of carboxylic acids is 1. The lowest BCUT2D eigenvalue weighted by Crippen LogP contribution is -2.08. The number of benzene rings is 2. The Bertz CT molecular complexity index is 1010. The van der Waals surface area contributed by atoms with Crippen LogP contribution in [0.25, 0.3) is 5.57 Å². The topological polar surface area (TPSA) is 65.0 Å². The Morgan fingerprint density at radius 3 is 2.31 bits per heavy atom. The molecule has 0 saturated heterocycles. The van der Waals surface area contributed by atoms with Gasteiger partial charge in [0.05, 0.1) is 23.4 Å². The maximum Gasteiger partial charge on any atom is 0.426 e. The summed E-state index contributed by atoms with van der Waals surface area (Å²) >= 11 is 17.4. The summed E-state index contributed by atoms with van der Waals surface area (Å²) in [6.07, 6.45) is -2.92. The summed E-state index contributed by atoms with van der Waals surface area (Å²) in [5, 5.41) is 8.09. The molecule has 2 rings (SSSR count). The molecule has 0 atom stereocenters. The van der Waals surface area contributed by atoms with Crippen molar-refractivity contribution >= 4 is 46.3 Å². The lowest BCUT2D eigenvalue weighted by atomic mass is 10.0. The summed E-state index contributed by atoms with van der Waals surface area (Å²) in [7, 11) is 1.34. The first-order valence-electron chi connectivity index (χ1n) is 8.76. The van der Waals surface area contributed by atoms with Gasteiger partial charge in [-0.05, 0) is 17.2 Å². The van der Waals surface area contributed by atoms with E-state index in [0.717, 1.165) is 6.26 Å². The van der Waals surface area contributed by atoms with Crippen LogP contribution in [0.5, 0.6) is 11.5 Å². The Kier molecular flexibility index (Phi) is 9.12. The highest BCUT2D eigenvalue weighted by atomic mass is 35.5. The normalized spacial score (nSPS) is 12.5. The molecule has 5 nitrogen and oxygen atoms in total. The van der Waals surface area contributed by atoms with E-state index in [0.29, 0.717) is 17.2 Å². The van der Waals surface area contributed by atoms with E-state index in [1.165, 1.54) is 19.2 Å². The van der Waals surface area contributed by atoms with E-state index in [1.54, 1.807) is 24.3 Å². The number of hydrogen-bond donors (Lipinski definition) is 1. The fourth-order valence-corrected chi connectivity index (χ4v) is 3.13. The second kappa shape index (κ2) is 11.4. The van der Waals surface area contributed by atoms with E-state index >= 15 is 0 Å². The second-order valence-corrected chi connectivity index (χ2v) is 7.32. The van der Waals surface area contributed by atoms with Crippen LogP contribution in [-0.4, -0.2) is 31.0 Å². The molecule has 11 heteroatoms. The van der Waals surface area contributed by atoms with Crippen LogP contribution in [0, 0.1) is 0 Å². The van der Waals surface area contributed by atoms with Crippen LogP contribution in [-0.2, 0) is 16.1 Å². The molecule has 0 aromatic heterocycles. The maximum absolute atomic E-state index is 12.4. The lowest BCUT2D eigenvalue weighted by molar-refractivity contribution is -0.130. The molecule has 0 heterocycles. The third-order valence-electron chi connectivity index (χ3n) is 3.90. The number of carboxylic acid groups (broad SMARTS) is 1. The average molecular weight is 512 g/mol. The summed E-state index contributed by atoms with van der Waals surface area (Å²) < 4.78 is 52.9. The number of methoxy groups -OCH3 is 1. The van der Waals surface area contributed by atoms with E-state index in [1.807, 2.05) is 0 Å². The van der Waals surface area contributed by atoms with Crippen molar-refractivity contribution in [1.29, 1.82) is 0 Å². The van der Waals surface area contributed by atoms with Crippen molar-refractivity contribution in [3.05, 3.63) is 74.9 Å². The van der Waals surface area contributed by atoms with Crippen LogP contribution in [0.1, 0.15) is 11.1 Å². The Labute approximate surface area is 196 Å². The van der Waals surface area contributed by atoms with Crippen molar-refractivity contribution in [1.82, 2.24) is 0 Å². The SMILES string of the molecule is COC=C(C(=O)O)c1ccccc1COc1cc(Cl)c(OCC=C(Cl)C(F)(F)F)c(Cl)c1. The van der Waals surface area contributed by atoms with Gasteiger partial charge in [0.2, 0.25) is 0 Å². The fourth-order valence-electron chi connectivity index (χ4n) is 2.49. The fraction of sp³-hybridized carbons (Fsp3) is 0.190. The molecule has 172 valence electrons. The summed E-state index contributed by atoms with van der Waals surface area (Å²) in [4.78, 5) is 11.5. The summed E-state index contributed by atoms with van der Waals surface area (Å²) in [6, 6.07) is 9.40. The van der Waals surface area contributed by atoms with Crippen LogP contribution in [0.4, 0.5) is 13.2 Å². The first-order chi connectivity index (χ1) is 15.0. The van der Waals surface area contributed by atoms with Gasteiger partial charge >= 0.3 is 12.1 Å². The van der Waals surface area contributed by atoms with Crippen molar-refractivity contribution in [2.24, 2.45) is 0 Å². The van der Waals surface area contributed by atoms with Crippen LogP contribution in [0.3, 0.4) is 0 Å². The highest BCUT2D eigenvalue weighted by molar-refractivity contribution is 6.37. The predicted octanol–water partition coefficient (Wildman–Crippen LogP) is 6.71. The molecule has 2 aromatic carbocycles. The monoisotopic (exact) mass is 510 g/mol. The van der Waals surface area contributed by atoms with Crippen LogP contribution in [0.2, 0.25) is 10.0 Å². The third-order valence-corrected chi connectivity index (χ3v) is 4.83. The second-order valence-electron chi connectivity index (χ2n) is 6.10. The minimum Gasteiger partial charge on any atom is -0.503 e. The van der Waals surface area contributed by atoms with Gasteiger partial charge in [-0.2, -0.15) is 13.2 Å². The molecule has 0 bridgehead atoms. The zero-order chi connectivity index (χ0) is 23.9. The largest absolute Gasteiger partial charge is 0.503 e. The van der Waals surface area contributed by atoms with Gasteiger partial charge in [-0.15, -0.1) is 0 Å². The number of halogens is 6. The molecule has 2 aromatic rings. The third kappa shape index (κ3) is 6.98. The predicted molar refractivity (Wildman–Crippen MR) is 115 cm³/mol. The molecule has 0 saturated carbocycles. The number of rotatable bonds is 9. The summed E-state index contributed by atoms with van der Waals surface area (Å²) in [5.41, 5.74) is 0.891. The van der Waals surface area contributed by atoms with Gasteiger partial charge in [0.15, 0.2) is 5.75 Å². The van der Waals surface area contributed by atoms with Crippen molar-refractivity contribution in [2.45, 2.75) is 12.8 Å². The number of alkyl halides is 3. The molecule has 0 aliphatic rings. The average Bonchev–Trinajstić information content (AvgIpc) is 2.71. The molecule has 0 radical (unpaired) electrons. The Morgan fingerprint density at radius 2 is 1.75 bits per heavy atom. The van der Waals surface area contributed by atoms with E-state index in [2.05, 4.69) is 0 Å². The zero-order valence-corrected chi connectivity index (χ0v) is 18.6. The van der Waals surface area contributed by atoms with Crippen molar-refractivity contribution in [3.8, 4) is 11.5 Å². The van der Waals surface area contributed by atoms with Gasteiger partial charge in [0, 0.05) is 12.1 Å². The van der Waals surface area contributed by atoms with Gasteiger partial charge < -0.3 is 19.3 Å². The van der Waals surface area contributed by atoms with E-state index in [9.17, 15) is 23.1 Å². The zero-order valence-electron chi connectivity index (χ0n) is 16.4. The Balaban J connectivity index is 2.16. The van der Waals surface area contributed by atoms with Crippen molar-refractivity contribution in [3.63, 3.8) is 0 Å². The molecule has 1 N–H and O–H groups in total. The van der Waals surface area contributed by atoms with Crippen molar-refractivity contribution < 1.29 is 37.3 Å². The maximum atomic E-state index is 12.4. The number of carbonyl (C=O) groups is 1. The summed E-state index contributed by atoms with van der Waals surface area (Å²) in [5.74, 6) is -0.981. The molecular weight excluding hydrogens is 496 g/mol. The molecule has 0 amide bonds. The number of ether oxygens (including phenoxy) is 3. The van der Waals surface area contributed by atoms with Crippen LogP contribution >= 0.6 is 34.8 Å². The Morgan fingerprint density at radius 1 is 1.12 bits per heavy atom. The molecule has 0 spiro atoms. The molecule has 0 fully saturated rings. The quantitative estimate of drug-likeness (QED) is 0.299. The van der Waals surface area contributed by atoms with E-state index < -0.39 is 23.8 Å². The first kappa shape index (κ1) is 25.7. The highest BCUT2D eigenvalue weighted by Crippen LogP contribution is 2.37. The summed E-state index contributed by atoms with van der Waals surface area (Å²) in [6.45, 7) is -0.531. The molecular formula is C21H16Cl3F3O5. The number of hydrogen-bond acceptors (Lipinski definition) is 4. The minimum absolute atomic E-state index is 0.00261. The first-order valence-corrected chi connectivity index (χ1v) is 9.90.